The average molecular weight is 180 g/mol. The first-order chi connectivity index (χ1) is 6.02. The Labute approximate surface area is 83.7 Å². The topological polar surface area (TPSA) is 0 Å². The van der Waals surface area contributed by atoms with Crippen LogP contribution >= 0.6 is 0 Å². The van der Waals surface area contributed by atoms with Gasteiger partial charge in [0.15, 0.2) is 0 Å². The maximum absolute atomic E-state index is 3.91. The van der Waals surface area contributed by atoms with Crippen molar-refractivity contribution < 1.29 is 0 Å². The third-order valence-electron chi connectivity index (χ3n) is 2.11. The first-order valence-electron chi connectivity index (χ1n) is 5.32. The van der Waals surface area contributed by atoms with Crippen molar-refractivity contribution in [1.82, 2.24) is 0 Å². The summed E-state index contributed by atoms with van der Waals surface area (Å²) in [5.41, 5.74) is 2.84. The molecule has 0 N–H and O–H groups in total. The van der Waals surface area contributed by atoms with Crippen molar-refractivity contribution in [3.8, 4) is 0 Å². The lowest BCUT2D eigenvalue weighted by molar-refractivity contribution is 0.657. The maximum atomic E-state index is 3.91. The van der Waals surface area contributed by atoms with Gasteiger partial charge in [-0.2, -0.15) is 0 Å². The highest BCUT2D eigenvalue weighted by molar-refractivity contribution is 4.99. The molecule has 0 amide bonds. The minimum atomic E-state index is 0.788. The Bertz CT molecular complexity index is 172. The molecular weight excluding hydrogens is 156 g/mol. The number of allylic oxidation sites excluding steroid dienone is 3. The van der Waals surface area contributed by atoms with Gasteiger partial charge in [-0.1, -0.05) is 31.1 Å². The van der Waals surface area contributed by atoms with Gasteiger partial charge < -0.3 is 0 Å². The highest BCUT2D eigenvalue weighted by Gasteiger charge is 1.93. The molecule has 0 aromatic carbocycles. The molecule has 0 heterocycles. The van der Waals surface area contributed by atoms with Crippen molar-refractivity contribution in [1.29, 1.82) is 0 Å². The van der Waals surface area contributed by atoms with Crippen LogP contribution in [0.3, 0.4) is 0 Å². The molecule has 0 aliphatic rings. The first kappa shape index (κ1) is 12.5. The molecule has 0 aromatic heterocycles. The maximum Gasteiger partial charge on any atom is -0.0320 e. The molecule has 0 radical (unpaired) electrons. The molecule has 0 saturated carbocycles. The number of rotatable bonds is 6. The minimum Gasteiger partial charge on any atom is -0.100 e. The predicted octanol–water partition coefficient (Wildman–Crippen LogP) is 4.73. The molecule has 0 aliphatic heterocycles. The highest BCUT2D eigenvalue weighted by Crippen LogP contribution is 2.12. The monoisotopic (exact) mass is 180 g/mol. The van der Waals surface area contributed by atoms with Gasteiger partial charge in [-0.15, -0.1) is 6.58 Å². The Morgan fingerprint density at radius 3 is 2.31 bits per heavy atom. The zero-order valence-corrected chi connectivity index (χ0v) is 9.69. The molecule has 0 nitrogen and oxygen atoms in total. The summed E-state index contributed by atoms with van der Waals surface area (Å²) in [5.74, 6) is 0.788. The van der Waals surface area contributed by atoms with Gasteiger partial charge in [-0.05, 0) is 45.4 Å². The number of hydrogen-bond donors (Lipinski definition) is 0. The summed E-state index contributed by atoms with van der Waals surface area (Å²) in [5, 5.41) is 0. The van der Waals surface area contributed by atoms with E-state index in [1.807, 2.05) is 0 Å². The van der Waals surface area contributed by atoms with E-state index in [-0.39, 0.29) is 0 Å². The SMILES string of the molecule is C=C(C)CCC/C(C)=C/CC(C)C. The molecule has 0 spiro atoms. The van der Waals surface area contributed by atoms with E-state index in [1.165, 1.54) is 36.8 Å². The van der Waals surface area contributed by atoms with E-state index >= 15 is 0 Å². The minimum absolute atomic E-state index is 0.788. The van der Waals surface area contributed by atoms with Crippen molar-refractivity contribution in [2.45, 2.75) is 53.4 Å². The van der Waals surface area contributed by atoms with Crippen LogP contribution in [0.1, 0.15) is 53.4 Å². The van der Waals surface area contributed by atoms with Crippen molar-refractivity contribution in [2.24, 2.45) is 5.92 Å². The van der Waals surface area contributed by atoms with Crippen molar-refractivity contribution in [3.63, 3.8) is 0 Å². The summed E-state index contributed by atoms with van der Waals surface area (Å²) < 4.78 is 0. The molecule has 0 saturated heterocycles. The molecule has 0 rings (SSSR count). The lowest BCUT2D eigenvalue weighted by atomic mass is 10.0. The van der Waals surface area contributed by atoms with Gasteiger partial charge in [0.2, 0.25) is 0 Å². The van der Waals surface area contributed by atoms with Crippen LogP contribution in [0.5, 0.6) is 0 Å². The van der Waals surface area contributed by atoms with Crippen molar-refractivity contribution in [2.75, 3.05) is 0 Å². The molecule has 13 heavy (non-hydrogen) atoms. The molecule has 0 aliphatic carbocycles. The van der Waals surface area contributed by atoms with Crippen LogP contribution in [-0.4, -0.2) is 0 Å². The zero-order chi connectivity index (χ0) is 10.3. The lowest BCUT2D eigenvalue weighted by Gasteiger charge is -2.03. The van der Waals surface area contributed by atoms with Crippen LogP contribution in [0.4, 0.5) is 0 Å². The Hall–Kier alpha value is -0.520. The van der Waals surface area contributed by atoms with Gasteiger partial charge >= 0.3 is 0 Å². The van der Waals surface area contributed by atoms with Gasteiger partial charge in [0.1, 0.15) is 0 Å². The van der Waals surface area contributed by atoms with Crippen LogP contribution < -0.4 is 0 Å². The Balaban J connectivity index is 3.55. The van der Waals surface area contributed by atoms with E-state index in [0.717, 1.165) is 5.92 Å². The molecule has 0 unspecified atom stereocenters. The number of hydrogen-bond acceptors (Lipinski definition) is 0. The van der Waals surface area contributed by atoms with E-state index in [2.05, 4.69) is 40.3 Å². The largest absolute Gasteiger partial charge is 0.100 e. The second-order valence-corrected chi connectivity index (χ2v) is 4.49. The van der Waals surface area contributed by atoms with Gasteiger partial charge in [0, 0.05) is 0 Å². The smallest absolute Gasteiger partial charge is 0.0320 e. The summed E-state index contributed by atoms with van der Waals surface area (Å²) in [7, 11) is 0. The fourth-order valence-electron chi connectivity index (χ4n) is 1.21. The molecule has 0 bridgehead atoms. The summed E-state index contributed by atoms with van der Waals surface area (Å²) in [6.07, 6.45) is 7.27. The summed E-state index contributed by atoms with van der Waals surface area (Å²) >= 11 is 0. The van der Waals surface area contributed by atoms with E-state index in [0.29, 0.717) is 0 Å². The van der Waals surface area contributed by atoms with Gasteiger partial charge in [-0.3, -0.25) is 0 Å². The molecule has 0 fully saturated rings. The molecule has 0 heteroatoms. The zero-order valence-electron chi connectivity index (χ0n) is 9.69. The highest BCUT2D eigenvalue weighted by atomic mass is 14.0. The predicted molar refractivity (Wildman–Crippen MR) is 61.9 cm³/mol. The first-order valence-corrected chi connectivity index (χ1v) is 5.32. The quantitative estimate of drug-likeness (QED) is 0.519. The second-order valence-electron chi connectivity index (χ2n) is 4.49. The van der Waals surface area contributed by atoms with Gasteiger partial charge in [0.25, 0.3) is 0 Å². The standard InChI is InChI=1S/C13H24/c1-11(2)7-6-8-13(5)10-9-12(3)4/h10,12H,1,6-9H2,2-5H3/b13-10+. The van der Waals surface area contributed by atoms with E-state index in [9.17, 15) is 0 Å². The second kappa shape index (κ2) is 6.94. The van der Waals surface area contributed by atoms with Crippen LogP contribution in [0.2, 0.25) is 0 Å². The normalized spacial score (nSPS) is 12.2. The molecule has 0 aromatic rings. The van der Waals surface area contributed by atoms with Crippen molar-refractivity contribution >= 4 is 0 Å². The van der Waals surface area contributed by atoms with Crippen LogP contribution in [0.15, 0.2) is 23.8 Å². The summed E-state index contributed by atoms with van der Waals surface area (Å²) in [6, 6.07) is 0. The molecule has 76 valence electrons. The summed E-state index contributed by atoms with van der Waals surface area (Å²) in [6.45, 7) is 12.8. The van der Waals surface area contributed by atoms with Gasteiger partial charge in [0.05, 0.1) is 0 Å². The Morgan fingerprint density at radius 2 is 1.85 bits per heavy atom. The van der Waals surface area contributed by atoms with Crippen LogP contribution in [0, 0.1) is 5.92 Å². The summed E-state index contributed by atoms with van der Waals surface area (Å²) in [4.78, 5) is 0. The lowest BCUT2D eigenvalue weighted by Crippen LogP contribution is -1.85. The fourth-order valence-corrected chi connectivity index (χ4v) is 1.21. The third kappa shape index (κ3) is 9.39. The van der Waals surface area contributed by atoms with E-state index in [4.69, 9.17) is 0 Å². The van der Waals surface area contributed by atoms with Crippen LogP contribution in [-0.2, 0) is 0 Å². The van der Waals surface area contributed by atoms with E-state index < -0.39 is 0 Å². The van der Waals surface area contributed by atoms with E-state index in [1.54, 1.807) is 0 Å². The fraction of sp³-hybridized carbons (Fsp3) is 0.692. The Morgan fingerprint density at radius 1 is 1.23 bits per heavy atom. The van der Waals surface area contributed by atoms with Gasteiger partial charge in [-0.25, -0.2) is 0 Å². The average Bonchev–Trinajstić information content (AvgIpc) is 2.00. The van der Waals surface area contributed by atoms with Crippen molar-refractivity contribution in [3.05, 3.63) is 23.8 Å². The van der Waals surface area contributed by atoms with Crippen LogP contribution in [0.25, 0.3) is 0 Å². The Kier molecular flexibility index (Phi) is 6.66. The molecule has 0 atom stereocenters. The third-order valence-corrected chi connectivity index (χ3v) is 2.11. The molecular formula is C13H24.